The fourth-order valence-electron chi connectivity index (χ4n) is 1.77. The average Bonchev–Trinajstić information content (AvgIpc) is 2.35. The molecule has 0 atom stereocenters. The van der Waals surface area contributed by atoms with Gasteiger partial charge in [-0.15, -0.1) is 0 Å². The number of ether oxygens (including phenoxy) is 1. The van der Waals surface area contributed by atoms with Gasteiger partial charge in [0.05, 0.1) is 13.5 Å². The van der Waals surface area contributed by atoms with Gasteiger partial charge < -0.3 is 9.84 Å². The number of carboxylic acid groups (broad SMARTS) is 1. The van der Waals surface area contributed by atoms with Gasteiger partial charge in [-0.2, -0.15) is 0 Å². The Kier molecular flexibility index (Phi) is 3.23. The SMILES string of the molecule is COc1ccc2c(CCC(=O)O)nccc2c1. The molecule has 17 heavy (non-hydrogen) atoms. The van der Waals surface area contributed by atoms with Crippen LogP contribution in [-0.2, 0) is 11.2 Å². The van der Waals surface area contributed by atoms with Crippen LogP contribution in [0.1, 0.15) is 12.1 Å². The third-order valence-electron chi connectivity index (χ3n) is 2.63. The number of aliphatic carboxylic acids is 1. The highest BCUT2D eigenvalue weighted by atomic mass is 16.5. The molecule has 0 aliphatic heterocycles. The molecule has 88 valence electrons. The minimum atomic E-state index is -0.808. The summed E-state index contributed by atoms with van der Waals surface area (Å²) in [5.74, 6) is -0.0230. The summed E-state index contributed by atoms with van der Waals surface area (Å²) in [5, 5.41) is 10.7. The minimum Gasteiger partial charge on any atom is -0.497 e. The van der Waals surface area contributed by atoms with Crippen LogP contribution in [0.2, 0.25) is 0 Å². The average molecular weight is 231 g/mol. The molecule has 1 aromatic carbocycles. The van der Waals surface area contributed by atoms with Gasteiger partial charge in [0.1, 0.15) is 5.75 Å². The molecule has 2 rings (SSSR count). The molecule has 0 unspecified atom stereocenters. The first kappa shape index (κ1) is 11.4. The second-order valence-corrected chi connectivity index (χ2v) is 3.74. The van der Waals surface area contributed by atoms with E-state index in [4.69, 9.17) is 9.84 Å². The number of rotatable bonds is 4. The maximum absolute atomic E-state index is 10.6. The zero-order valence-electron chi connectivity index (χ0n) is 9.51. The standard InChI is InChI=1S/C13H13NO3/c1-17-10-2-3-11-9(8-10)6-7-14-12(11)4-5-13(15)16/h2-3,6-8H,4-5H2,1H3,(H,15,16). The molecule has 0 radical (unpaired) electrons. The molecule has 0 spiro atoms. The van der Waals surface area contributed by atoms with Crippen LogP contribution >= 0.6 is 0 Å². The van der Waals surface area contributed by atoms with Crippen molar-refractivity contribution in [3.05, 3.63) is 36.2 Å². The van der Waals surface area contributed by atoms with Crippen molar-refractivity contribution in [1.29, 1.82) is 0 Å². The molecule has 1 N–H and O–H groups in total. The number of nitrogens with zero attached hydrogens (tertiary/aromatic N) is 1. The first-order valence-corrected chi connectivity index (χ1v) is 5.34. The predicted molar refractivity (Wildman–Crippen MR) is 64.3 cm³/mol. The van der Waals surface area contributed by atoms with E-state index in [1.807, 2.05) is 24.3 Å². The van der Waals surface area contributed by atoms with Gasteiger partial charge in [-0.3, -0.25) is 9.78 Å². The number of carbonyl (C=O) groups is 1. The Morgan fingerprint density at radius 2 is 2.24 bits per heavy atom. The summed E-state index contributed by atoms with van der Waals surface area (Å²) < 4.78 is 5.15. The van der Waals surface area contributed by atoms with Crippen molar-refractivity contribution in [3.63, 3.8) is 0 Å². The quantitative estimate of drug-likeness (QED) is 0.876. The van der Waals surface area contributed by atoms with Crippen molar-refractivity contribution < 1.29 is 14.6 Å². The number of methoxy groups -OCH3 is 1. The molecule has 0 fully saturated rings. The van der Waals surface area contributed by atoms with Crippen molar-refractivity contribution in [2.75, 3.05) is 7.11 Å². The number of carboxylic acids is 1. The lowest BCUT2D eigenvalue weighted by atomic mass is 10.1. The molecule has 0 amide bonds. The van der Waals surface area contributed by atoms with Crippen molar-refractivity contribution in [3.8, 4) is 5.75 Å². The lowest BCUT2D eigenvalue weighted by Gasteiger charge is -2.06. The third-order valence-corrected chi connectivity index (χ3v) is 2.63. The van der Waals surface area contributed by atoms with Gasteiger partial charge in [0.15, 0.2) is 0 Å². The molecular formula is C13H13NO3. The summed E-state index contributed by atoms with van der Waals surface area (Å²) in [5.41, 5.74) is 0.813. The highest BCUT2D eigenvalue weighted by molar-refractivity contribution is 5.86. The highest BCUT2D eigenvalue weighted by Crippen LogP contribution is 2.23. The van der Waals surface area contributed by atoms with Crippen LogP contribution in [-0.4, -0.2) is 23.2 Å². The smallest absolute Gasteiger partial charge is 0.303 e. The lowest BCUT2D eigenvalue weighted by molar-refractivity contribution is -0.136. The van der Waals surface area contributed by atoms with Crippen LogP contribution in [0.4, 0.5) is 0 Å². The lowest BCUT2D eigenvalue weighted by Crippen LogP contribution is -1.99. The Morgan fingerprint density at radius 3 is 2.94 bits per heavy atom. The Labute approximate surface area is 98.9 Å². The molecule has 1 heterocycles. The summed E-state index contributed by atoms with van der Waals surface area (Å²) in [6.45, 7) is 0. The fourth-order valence-corrected chi connectivity index (χ4v) is 1.77. The number of hydrogen-bond donors (Lipinski definition) is 1. The van der Waals surface area contributed by atoms with E-state index in [9.17, 15) is 4.79 Å². The normalized spacial score (nSPS) is 10.4. The number of hydrogen-bond acceptors (Lipinski definition) is 3. The molecule has 0 saturated heterocycles. The highest BCUT2D eigenvalue weighted by Gasteiger charge is 2.05. The van der Waals surface area contributed by atoms with E-state index in [-0.39, 0.29) is 6.42 Å². The molecule has 0 aliphatic carbocycles. The first-order valence-electron chi connectivity index (χ1n) is 5.34. The maximum Gasteiger partial charge on any atom is 0.303 e. The van der Waals surface area contributed by atoms with Crippen molar-refractivity contribution in [2.45, 2.75) is 12.8 Å². The molecule has 0 bridgehead atoms. The van der Waals surface area contributed by atoms with Crippen molar-refractivity contribution >= 4 is 16.7 Å². The molecule has 1 aromatic heterocycles. The van der Waals surface area contributed by atoms with Crippen LogP contribution < -0.4 is 4.74 Å². The largest absolute Gasteiger partial charge is 0.497 e. The van der Waals surface area contributed by atoms with Crippen LogP contribution in [0.5, 0.6) is 5.75 Å². The second kappa shape index (κ2) is 4.82. The summed E-state index contributed by atoms with van der Waals surface area (Å²) in [4.78, 5) is 14.8. The van der Waals surface area contributed by atoms with Crippen LogP contribution in [0.25, 0.3) is 10.8 Å². The second-order valence-electron chi connectivity index (χ2n) is 3.74. The Balaban J connectivity index is 2.39. The van der Waals surface area contributed by atoms with Crippen molar-refractivity contribution in [1.82, 2.24) is 4.98 Å². The van der Waals surface area contributed by atoms with E-state index in [1.54, 1.807) is 13.3 Å². The van der Waals surface area contributed by atoms with Crippen molar-refractivity contribution in [2.24, 2.45) is 0 Å². The zero-order chi connectivity index (χ0) is 12.3. The minimum absolute atomic E-state index is 0.0954. The number of pyridine rings is 1. The molecule has 0 aliphatic rings. The van der Waals surface area contributed by atoms with Crippen LogP contribution in [0.15, 0.2) is 30.5 Å². The Bertz CT molecular complexity index is 551. The molecule has 2 aromatic rings. The third kappa shape index (κ3) is 2.53. The van der Waals surface area contributed by atoms with E-state index in [0.29, 0.717) is 6.42 Å². The van der Waals surface area contributed by atoms with Gasteiger partial charge in [-0.05, 0) is 29.7 Å². The van der Waals surface area contributed by atoms with Crippen LogP contribution in [0, 0.1) is 0 Å². The number of aromatic nitrogens is 1. The topological polar surface area (TPSA) is 59.4 Å². The van der Waals surface area contributed by atoms with Gasteiger partial charge in [-0.25, -0.2) is 0 Å². The predicted octanol–water partition coefficient (Wildman–Crippen LogP) is 2.26. The van der Waals surface area contributed by atoms with Gasteiger partial charge in [0.25, 0.3) is 0 Å². The maximum atomic E-state index is 10.6. The summed E-state index contributed by atoms with van der Waals surface area (Å²) in [6, 6.07) is 7.58. The monoisotopic (exact) mass is 231 g/mol. The molecule has 4 heteroatoms. The Morgan fingerprint density at radius 1 is 1.41 bits per heavy atom. The molecule has 0 saturated carbocycles. The van der Waals surface area contributed by atoms with E-state index in [2.05, 4.69) is 4.98 Å². The first-order chi connectivity index (χ1) is 8.20. The summed E-state index contributed by atoms with van der Waals surface area (Å²) >= 11 is 0. The van der Waals surface area contributed by atoms with Gasteiger partial charge in [0.2, 0.25) is 0 Å². The fraction of sp³-hybridized carbons (Fsp3) is 0.231. The van der Waals surface area contributed by atoms with Crippen LogP contribution in [0.3, 0.4) is 0 Å². The Hall–Kier alpha value is -2.10. The van der Waals surface area contributed by atoms with Gasteiger partial charge in [-0.1, -0.05) is 0 Å². The van der Waals surface area contributed by atoms with Gasteiger partial charge in [0, 0.05) is 23.7 Å². The number of benzene rings is 1. The van der Waals surface area contributed by atoms with E-state index < -0.39 is 5.97 Å². The summed E-state index contributed by atoms with van der Waals surface area (Å²) in [7, 11) is 1.62. The molecule has 4 nitrogen and oxygen atoms in total. The number of fused-ring (bicyclic) bond motifs is 1. The zero-order valence-corrected chi connectivity index (χ0v) is 9.51. The summed E-state index contributed by atoms with van der Waals surface area (Å²) in [6.07, 6.45) is 2.23. The van der Waals surface area contributed by atoms with E-state index in [0.717, 1.165) is 22.2 Å². The van der Waals surface area contributed by atoms with Gasteiger partial charge >= 0.3 is 5.97 Å². The number of aryl methyl sites for hydroxylation is 1. The van der Waals surface area contributed by atoms with E-state index >= 15 is 0 Å². The van der Waals surface area contributed by atoms with E-state index in [1.165, 1.54) is 0 Å². The molecular weight excluding hydrogens is 218 g/mol.